The van der Waals surface area contributed by atoms with Gasteiger partial charge in [0.05, 0.1) is 7.11 Å². The van der Waals surface area contributed by atoms with Crippen LogP contribution in [0.3, 0.4) is 0 Å². The molecular formula is C20H24FNO. The summed E-state index contributed by atoms with van der Waals surface area (Å²) >= 11 is 0. The number of nitrogens with zero attached hydrogens (tertiary/aromatic N) is 1. The van der Waals surface area contributed by atoms with Crippen molar-refractivity contribution in [2.75, 3.05) is 20.7 Å². The van der Waals surface area contributed by atoms with Crippen LogP contribution in [0.25, 0.3) is 0 Å². The van der Waals surface area contributed by atoms with Crippen molar-refractivity contribution in [1.82, 2.24) is 4.90 Å². The van der Waals surface area contributed by atoms with E-state index in [4.69, 9.17) is 4.74 Å². The topological polar surface area (TPSA) is 12.5 Å². The highest BCUT2D eigenvalue weighted by atomic mass is 19.1. The summed E-state index contributed by atoms with van der Waals surface area (Å²) in [7, 11) is 3.69. The van der Waals surface area contributed by atoms with Crippen LogP contribution in [0.4, 0.5) is 4.39 Å². The van der Waals surface area contributed by atoms with E-state index >= 15 is 0 Å². The Hall–Kier alpha value is -1.87. The molecule has 0 saturated carbocycles. The van der Waals surface area contributed by atoms with Gasteiger partial charge >= 0.3 is 0 Å². The normalized spacial score (nSPS) is 19.9. The van der Waals surface area contributed by atoms with Gasteiger partial charge < -0.3 is 9.64 Å². The molecule has 3 heteroatoms. The van der Waals surface area contributed by atoms with Gasteiger partial charge in [0, 0.05) is 12.0 Å². The average molecular weight is 313 g/mol. The van der Waals surface area contributed by atoms with E-state index in [2.05, 4.69) is 43.1 Å². The lowest BCUT2D eigenvalue weighted by molar-refractivity contribution is 0.233. The van der Waals surface area contributed by atoms with Gasteiger partial charge in [0.2, 0.25) is 0 Å². The van der Waals surface area contributed by atoms with E-state index in [9.17, 15) is 4.39 Å². The first-order chi connectivity index (χ1) is 11.2. The number of ether oxygens (including phenoxy) is 1. The average Bonchev–Trinajstić information content (AvgIpc) is 2.93. The predicted octanol–water partition coefficient (Wildman–Crippen LogP) is 4.23. The minimum absolute atomic E-state index is 0.211. The van der Waals surface area contributed by atoms with Gasteiger partial charge in [-0.3, -0.25) is 0 Å². The Bertz CT molecular complexity index is 671. The molecule has 0 aliphatic heterocycles. The van der Waals surface area contributed by atoms with Gasteiger partial charge in [0.25, 0.3) is 0 Å². The van der Waals surface area contributed by atoms with Gasteiger partial charge in [-0.1, -0.05) is 37.3 Å². The molecule has 0 fully saturated rings. The number of methoxy groups -OCH3 is 1. The van der Waals surface area contributed by atoms with Crippen LogP contribution in [0, 0.1) is 5.82 Å². The molecule has 2 atom stereocenters. The predicted molar refractivity (Wildman–Crippen MR) is 91.7 cm³/mol. The van der Waals surface area contributed by atoms with Gasteiger partial charge in [-0.05, 0) is 55.3 Å². The van der Waals surface area contributed by atoms with Crippen molar-refractivity contribution >= 4 is 0 Å². The van der Waals surface area contributed by atoms with Crippen LogP contribution < -0.4 is 4.74 Å². The largest absolute Gasteiger partial charge is 0.494 e. The van der Waals surface area contributed by atoms with E-state index in [-0.39, 0.29) is 11.7 Å². The fraction of sp³-hybridized carbons (Fsp3) is 0.400. The molecule has 0 spiro atoms. The van der Waals surface area contributed by atoms with Crippen molar-refractivity contribution < 1.29 is 9.13 Å². The molecule has 0 N–H and O–H groups in total. The van der Waals surface area contributed by atoms with E-state index < -0.39 is 0 Å². The Kier molecular flexibility index (Phi) is 4.67. The summed E-state index contributed by atoms with van der Waals surface area (Å²) in [5, 5.41) is 0. The van der Waals surface area contributed by atoms with E-state index in [0.717, 1.165) is 24.9 Å². The van der Waals surface area contributed by atoms with Crippen molar-refractivity contribution in [2.24, 2.45) is 0 Å². The first kappa shape index (κ1) is 16.0. The molecule has 1 aliphatic carbocycles. The first-order valence-electron chi connectivity index (χ1n) is 8.27. The molecule has 0 bridgehead atoms. The number of hydrogen-bond acceptors (Lipinski definition) is 2. The number of halogens is 1. The second kappa shape index (κ2) is 6.71. The number of rotatable bonds is 5. The SMILES string of the molecule is CCCN(C)C1Cc2cc(OC)c(F)cc2C1c1ccccc1. The molecule has 0 amide bonds. The molecule has 23 heavy (non-hydrogen) atoms. The van der Waals surface area contributed by atoms with Crippen LogP contribution >= 0.6 is 0 Å². The van der Waals surface area contributed by atoms with Gasteiger partial charge in [-0.2, -0.15) is 0 Å². The highest BCUT2D eigenvalue weighted by molar-refractivity contribution is 5.48. The van der Waals surface area contributed by atoms with Gasteiger partial charge in [-0.25, -0.2) is 4.39 Å². The lowest BCUT2D eigenvalue weighted by Crippen LogP contribution is -2.36. The van der Waals surface area contributed by atoms with E-state index in [0.29, 0.717) is 11.8 Å². The zero-order valence-electron chi connectivity index (χ0n) is 14.1. The fourth-order valence-corrected chi connectivity index (χ4v) is 3.77. The summed E-state index contributed by atoms with van der Waals surface area (Å²) in [5.74, 6) is 0.281. The highest BCUT2D eigenvalue weighted by Crippen LogP contribution is 2.42. The van der Waals surface area contributed by atoms with Crippen molar-refractivity contribution in [3.8, 4) is 5.75 Å². The molecule has 2 unspecified atom stereocenters. The molecule has 122 valence electrons. The third-order valence-corrected chi connectivity index (χ3v) is 4.86. The van der Waals surface area contributed by atoms with Crippen LogP contribution in [0.5, 0.6) is 5.75 Å². The maximum Gasteiger partial charge on any atom is 0.165 e. The Morgan fingerprint density at radius 3 is 2.61 bits per heavy atom. The summed E-state index contributed by atoms with van der Waals surface area (Å²) in [6.45, 7) is 3.24. The molecule has 0 heterocycles. The van der Waals surface area contributed by atoms with Crippen molar-refractivity contribution in [3.63, 3.8) is 0 Å². The Morgan fingerprint density at radius 1 is 1.22 bits per heavy atom. The summed E-state index contributed by atoms with van der Waals surface area (Å²) in [6.07, 6.45) is 2.05. The summed E-state index contributed by atoms with van der Waals surface area (Å²) in [4.78, 5) is 2.40. The summed E-state index contributed by atoms with van der Waals surface area (Å²) < 4.78 is 19.4. The maximum absolute atomic E-state index is 14.3. The van der Waals surface area contributed by atoms with Crippen LogP contribution in [-0.4, -0.2) is 31.6 Å². The lowest BCUT2D eigenvalue weighted by atomic mass is 9.89. The Morgan fingerprint density at radius 2 is 1.96 bits per heavy atom. The minimum atomic E-state index is -0.272. The van der Waals surface area contributed by atoms with E-state index in [1.807, 2.05) is 12.1 Å². The Balaban J connectivity index is 2.06. The van der Waals surface area contributed by atoms with E-state index in [1.165, 1.54) is 18.2 Å². The van der Waals surface area contributed by atoms with Crippen LogP contribution in [-0.2, 0) is 6.42 Å². The molecule has 2 nitrogen and oxygen atoms in total. The lowest BCUT2D eigenvalue weighted by Gasteiger charge is -2.30. The standard InChI is InChI=1S/C20H24FNO/c1-4-10-22(2)18-11-15-12-19(23-3)17(21)13-16(15)20(18)14-8-6-5-7-9-14/h5-9,12-13,18,20H,4,10-11H2,1-3H3. The van der Waals surface area contributed by atoms with Crippen LogP contribution in [0.15, 0.2) is 42.5 Å². The zero-order valence-corrected chi connectivity index (χ0v) is 14.1. The van der Waals surface area contributed by atoms with Gasteiger partial charge in [0.1, 0.15) is 0 Å². The second-order valence-electron chi connectivity index (χ2n) is 6.33. The number of benzene rings is 2. The molecule has 0 radical (unpaired) electrons. The summed E-state index contributed by atoms with van der Waals surface area (Å²) in [5.41, 5.74) is 3.55. The quantitative estimate of drug-likeness (QED) is 0.819. The third kappa shape index (κ3) is 2.98. The Labute approximate surface area is 137 Å². The fourth-order valence-electron chi connectivity index (χ4n) is 3.77. The van der Waals surface area contributed by atoms with Crippen LogP contribution in [0.2, 0.25) is 0 Å². The molecule has 2 aromatic carbocycles. The highest BCUT2D eigenvalue weighted by Gasteiger charge is 2.36. The van der Waals surface area contributed by atoms with Crippen molar-refractivity contribution in [1.29, 1.82) is 0 Å². The molecule has 0 aromatic heterocycles. The second-order valence-corrected chi connectivity index (χ2v) is 6.33. The molecule has 2 aromatic rings. The summed E-state index contributed by atoms with van der Waals surface area (Å²) in [6, 6.07) is 14.3. The molecule has 1 aliphatic rings. The molecule has 0 saturated heterocycles. The zero-order chi connectivity index (χ0) is 16.4. The van der Waals surface area contributed by atoms with Crippen molar-refractivity contribution in [3.05, 3.63) is 65.0 Å². The monoisotopic (exact) mass is 313 g/mol. The molecular weight excluding hydrogens is 289 g/mol. The first-order valence-corrected chi connectivity index (χ1v) is 8.27. The minimum Gasteiger partial charge on any atom is -0.494 e. The van der Waals surface area contributed by atoms with Gasteiger partial charge in [-0.15, -0.1) is 0 Å². The van der Waals surface area contributed by atoms with Crippen molar-refractivity contribution in [2.45, 2.75) is 31.7 Å². The third-order valence-electron chi connectivity index (χ3n) is 4.86. The number of hydrogen-bond donors (Lipinski definition) is 0. The number of fused-ring (bicyclic) bond motifs is 1. The number of likely N-dealkylation sites (N-methyl/N-ethyl adjacent to an activating group) is 1. The maximum atomic E-state index is 14.3. The molecule has 3 rings (SSSR count). The van der Waals surface area contributed by atoms with Gasteiger partial charge in [0.15, 0.2) is 11.6 Å². The van der Waals surface area contributed by atoms with Crippen LogP contribution in [0.1, 0.15) is 36.0 Å². The smallest absolute Gasteiger partial charge is 0.165 e. The van der Waals surface area contributed by atoms with E-state index in [1.54, 1.807) is 6.07 Å².